The summed E-state index contributed by atoms with van der Waals surface area (Å²) < 4.78 is 0. The Hall–Kier alpha value is -1.69. The maximum atomic E-state index is 12.4. The van der Waals surface area contributed by atoms with Gasteiger partial charge in [0.2, 0.25) is 11.9 Å². The number of hydrogen-bond acceptors (Lipinski definition) is 5. The Balaban J connectivity index is 1.31. The Bertz CT molecular complexity index is 631. The largest absolute Gasteiger partial charge is 0.353 e. The summed E-state index contributed by atoms with van der Waals surface area (Å²) in [5.41, 5.74) is 2.07. The van der Waals surface area contributed by atoms with Crippen LogP contribution in [0.15, 0.2) is 6.07 Å². The van der Waals surface area contributed by atoms with E-state index in [1.54, 1.807) is 0 Å². The summed E-state index contributed by atoms with van der Waals surface area (Å²) in [6.07, 6.45) is 6.79. The van der Waals surface area contributed by atoms with Gasteiger partial charge in [-0.15, -0.1) is 0 Å². The van der Waals surface area contributed by atoms with Crippen molar-refractivity contribution in [1.82, 2.24) is 20.2 Å². The molecule has 1 aromatic heterocycles. The molecule has 0 bridgehead atoms. The maximum absolute atomic E-state index is 12.4. The quantitative estimate of drug-likeness (QED) is 0.894. The minimum Gasteiger partial charge on any atom is -0.353 e. The maximum Gasteiger partial charge on any atom is 0.225 e. The standard InChI is InChI=1S/C20H31N5O/c1-14-12-15(2)22-20(21-14)24-10-7-18(8-11-24)25-9-3-4-16(13-25)19(26)23-17-5-6-17/h12,16-18H,3-11,13H2,1-2H3,(H,23,26). The molecular formula is C20H31N5O. The summed E-state index contributed by atoms with van der Waals surface area (Å²) in [6.45, 7) is 8.14. The zero-order chi connectivity index (χ0) is 18.1. The first-order valence-corrected chi connectivity index (χ1v) is 10.2. The van der Waals surface area contributed by atoms with Gasteiger partial charge in [0, 0.05) is 43.1 Å². The minimum absolute atomic E-state index is 0.185. The van der Waals surface area contributed by atoms with Crippen molar-refractivity contribution < 1.29 is 4.79 Å². The zero-order valence-corrected chi connectivity index (χ0v) is 16.1. The van der Waals surface area contributed by atoms with Gasteiger partial charge in [-0.1, -0.05) is 0 Å². The number of nitrogens with zero attached hydrogens (tertiary/aromatic N) is 4. The molecule has 1 N–H and O–H groups in total. The molecular weight excluding hydrogens is 326 g/mol. The third kappa shape index (κ3) is 4.17. The van der Waals surface area contributed by atoms with Crippen LogP contribution in [0.25, 0.3) is 0 Å². The first-order chi connectivity index (χ1) is 12.6. The Morgan fingerprint density at radius 2 is 1.73 bits per heavy atom. The number of nitrogens with one attached hydrogen (secondary N) is 1. The van der Waals surface area contributed by atoms with E-state index in [4.69, 9.17) is 0 Å². The van der Waals surface area contributed by atoms with Gasteiger partial charge < -0.3 is 10.2 Å². The lowest BCUT2D eigenvalue weighted by atomic mass is 9.93. The first kappa shape index (κ1) is 17.7. The van der Waals surface area contributed by atoms with Crippen LogP contribution in [0.2, 0.25) is 0 Å². The van der Waals surface area contributed by atoms with Gasteiger partial charge in [0.05, 0.1) is 5.92 Å². The summed E-state index contributed by atoms with van der Waals surface area (Å²) in [4.78, 5) is 26.5. The van der Waals surface area contributed by atoms with Crippen LogP contribution in [0, 0.1) is 19.8 Å². The summed E-state index contributed by atoms with van der Waals surface area (Å²) >= 11 is 0. The van der Waals surface area contributed by atoms with Crippen molar-refractivity contribution in [2.24, 2.45) is 5.92 Å². The van der Waals surface area contributed by atoms with E-state index in [1.165, 1.54) is 12.8 Å². The van der Waals surface area contributed by atoms with Crippen molar-refractivity contribution in [2.75, 3.05) is 31.1 Å². The summed E-state index contributed by atoms with van der Waals surface area (Å²) in [5.74, 6) is 1.35. The van der Waals surface area contributed by atoms with Crippen LogP contribution >= 0.6 is 0 Å². The number of aryl methyl sites for hydroxylation is 2. The predicted octanol–water partition coefficient (Wildman–Crippen LogP) is 2.05. The van der Waals surface area contributed by atoms with E-state index in [0.29, 0.717) is 18.0 Å². The van der Waals surface area contributed by atoms with Crippen LogP contribution in [0.3, 0.4) is 0 Å². The number of amides is 1. The van der Waals surface area contributed by atoms with E-state index < -0.39 is 0 Å². The number of carbonyl (C=O) groups excluding carboxylic acids is 1. The molecule has 3 fully saturated rings. The van der Waals surface area contributed by atoms with E-state index in [2.05, 4.69) is 25.1 Å². The minimum atomic E-state index is 0.185. The van der Waals surface area contributed by atoms with Crippen LogP contribution in [-0.4, -0.2) is 59.0 Å². The summed E-state index contributed by atoms with van der Waals surface area (Å²) in [7, 11) is 0. The Labute approximate surface area is 156 Å². The van der Waals surface area contributed by atoms with Crippen LogP contribution in [0.5, 0.6) is 0 Å². The summed E-state index contributed by atoms with van der Waals surface area (Å²) in [5, 5.41) is 3.20. The van der Waals surface area contributed by atoms with E-state index in [9.17, 15) is 4.79 Å². The molecule has 4 rings (SSSR count). The fourth-order valence-corrected chi connectivity index (χ4v) is 4.38. The molecule has 6 heteroatoms. The second kappa shape index (κ2) is 7.51. The number of piperidine rings is 2. The van der Waals surface area contributed by atoms with E-state index in [0.717, 1.165) is 69.2 Å². The highest BCUT2D eigenvalue weighted by atomic mass is 16.2. The molecule has 1 saturated carbocycles. The number of anilines is 1. The topological polar surface area (TPSA) is 61.4 Å². The number of aromatic nitrogens is 2. The van der Waals surface area contributed by atoms with E-state index in [1.807, 2.05) is 19.9 Å². The molecule has 6 nitrogen and oxygen atoms in total. The normalized spacial score (nSPS) is 25.3. The lowest BCUT2D eigenvalue weighted by molar-refractivity contribution is -0.127. The number of carbonyl (C=O) groups is 1. The van der Waals surface area contributed by atoms with Gasteiger partial charge in [0.15, 0.2) is 0 Å². The van der Waals surface area contributed by atoms with Crippen molar-refractivity contribution >= 4 is 11.9 Å². The molecule has 1 aromatic rings. The van der Waals surface area contributed by atoms with Gasteiger partial charge in [-0.3, -0.25) is 9.69 Å². The van der Waals surface area contributed by atoms with Crippen molar-refractivity contribution in [1.29, 1.82) is 0 Å². The van der Waals surface area contributed by atoms with Gasteiger partial charge in [0.25, 0.3) is 0 Å². The monoisotopic (exact) mass is 357 g/mol. The van der Waals surface area contributed by atoms with E-state index >= 15 is 0 Å². The van der Waals surface area contributed by atoms with E-state index in [-0.39, 0.29) is 5.92 Å². The third-order valence-corrected chi connectivity index (χ3v) is 5.98. The highest BCUT2D eigenvalue weighted by Gasteiger charge is 2.34. The van der Waals surface area contributed by atoms with Crippen molar-refractivity contribution in [3.63, 3.8) is 0 Å². The molecule has 1 unspecified atom stereocenters. The smallest absolute Gasteiger partial charge is 0.225 e. The molecule has 3 aliphatic rings. The molecule has 1 atom stereocenters. The average Bonchev–Trinajstić information content (AvgIpc) is 3.45. The lowest BCUT2D eigenvalue weighted by Gasteiger charge is -2.42. The predicted molar refractivity (Wildman–Crippen MR) is 102 cm³/mol. The van der Waals surface area contributed by atoms with Crippen LogP contribution in [0.1, 0.15) is 49.9 Å². The van der Waals surface area contributed by atoms with Gasteiger partial charge in [-0.2, -0.15) is 0 Å². The van der Waals surface area contributed by atoms with Gasteiger partial charge in [-0.05, 0) is 65.0 Å². The van der Waals surface area contributed by atoms with Crippen LogP contribution in [0.4, 0.5) is 5.95 Å². The highest BCUT2D eigenvalue weighted by molar-refractivity contribution is 5.79. The van der Waals surface area contributed by atoms with Crippen LogP contribution < -0.4 is 10.2 Å². The number of hydrogen-bond donors (Lipinski definition) is 1. The molecule has 1 amide bonds. The average molecular weight is 358 g/mol. The van der Waals surface area contributed by atoms with Crippen molar-refractivity contribution in [3.8, 4) is 0 Å². The molecule has 2 aliphatic heterocycles. The number of likely N-dealkylation sites (tertiary alicyclic amines) is 1. The van der Waals surface area contributed by atoms with Crippen LogP contribution in [-0.2, 0) is 4.79 Å². The lowest BCUT2D eigenvalue weighted by Crippen LogP contribution is -2.51. The number of rotatable bonds is 4. The molecule has 1 aliphatic carbocycles. The van der Waals surface area contributed by atoms with Crippen molar-refractivity contribution in [3.05, 3.63) is 17.5 Å². The molecule has 3 heterocycles. The van der Waals surface area contributed by atoms with Gasteiger partial charge in [0.1, 0.15) is 0 Å². The molecule has 0 aromatic carbocycles. The fourth-order valence-electron chi connectivity index (χ4n) is 4.38. The van der Waals surface area contributed by atoms with Crippen molar-refractivity contribution in [2.45, 2.75) is 64.5 Å². The zero-order valence-electron chi connectivity index (χ0n) is 16.1. The third-order valence-electron chi connectivity index (χ3n) is 5.98. The molecule has 26 heavy (non-hydrogen) atoms. The van der Waals surface area contributed by atoms with Gasteiger partial charge >= 0.3 is 0 Å². The second-order valence-electron chi connectivity index (χ2n) is 8.29. The molecule has 0 spiro atoms. The summed E-state index contributed by atoms with van der Waals surface area (Å²) in [6, 6.07) is 3.09. The fraction of sp³-hybridized carbons (Fsp3) is 0.750. The Kier molecular flexibility index (Phi) is 5.11. The molecule has 0 radical (unpaired) electrons. The Morgan fingerprint density at radius 1 is 1.04 bits per heavy atom. The molecule has 2 saturated heterocycles. The molecule has 142 valence electrons. The Morgan fingerprint density at radius 3 is 2.38 bits per heavy atom. The highest BCUT2D eigenvalue weighted by Crippen LogP contribution is 2.26. The second-order valence-corrected chi connectivity index (χ2v) is 8.29. The van der Waals surface area contributed by atoms with Gasteiger partial charge in [-0.25, -0.2) is 9.97 Å². The SMILES string of the molecule is Cc1cc(C)nc(N2CCC(N3CCCC(C(=O)NC4CC4)C3)CC2)n1. The first-order valence-electron chi connectivity index (χ1n) is 10.2.